The Balaban J connectivity index is 1.53. The molecule has 2 heterocycles. The Morgan fingerprint density at radius 1 is 1.19 bits per heavy atom. The van der Waals surface area contributed by atoms with Crippen LogP contribution in [0, 0.1) is 0 Å². The highest BCUT2D eigenvalue weighted by atomic mass is 32.1. The summed E-state index contributed by atoms with van der Waals surface area (Å²) in [6.45, 7) is 1.25. The van der Waals surface area contributed by atoms with Crippen LogP contribution < -0.4 is 16.0 Å². The van der Waals surface area contributed by atoms with Gasteiger partial charge >= 0.3 is 0 Å². The van der Waals surface area contributed by atoms with E-state index in [0.717, 1.165) is 19.4 Å². The lowest BCUT2D eigenvalue weighted by molar-refractivity contribution is 0.0857. The van der Waals surface area contributed by atoms with Crippen LogP contribution in [0.2, 0.25) is 0 Å². The van der Waals surface area contributed by atoms with Gasteiger partial charge in [0.05, 0.1) is 12.4 Å². The molecule has 0 aliphatic carbocycles. The Kier molecular flexibility index (Phi) is 5.98. The summed E-state index contributed by atoms with van der Waals surface area (Å²) in [6.07, 6.45) is 3.49. The van der Waals surface area contributed by atoms with Gasteiger partial charge in [0.1, 0.15) is 0 Å². The lowest BCUT2D eigenvalue weighted by Gasteiger charge is -2.12. The molecule has 1 aliphatic heterocycles. The molecule has 7 nitrogen and oxygen atoms in total. The molecular weight excluding hydrogens is 354 g/mol. The zero-order chi connectivity index (χ0) is 18.4. The van der Waals surface area contributed by atoms with Gasteiger partial charge < -0.3 is 19.8 Å². The zero-order valence-corrected chi connectivity index (χ0v) is 14.8. The van der Waals surface area contributed by atoms with Gasteiger partial charge in [-0.25, -0.2) is 0 Å². The lowest BCUT2D eigenvalue weighted by Crippen LogP contribution is -2.34. The summed E-state index contributed by atoms with van der Waals surface area (Å²) in [4.78, 5) is 24.1. The van der Waals surface area contributed by atoms with Crippen LogP contribution in [0.5, 0.6) is 0 Å². The monoisotopic (exact) mass is 373 g/mol. The van der Waals surface area contributed by atoms with Gasteiger partial charge in [0.15, 0.2) is 10.9 Å². The summed E-state index contributed by atoms with van der Waals surface area (Å²) in [5.41, 5.74) is 1.09. The van der Waals surface area contributed by atoms with Crippen molar-refractivity contribution in [3.05, 3.63) is 54.0 Å². The Morgan fingerprint density at radius 2 is 2.08 bits per heavy atom. The number of carbonyl (C=O) groups excluding carboxylic acids is 2. The minimum Gasteiger partial charge on any atom is -0.459 e. The van der Waals surface area contributed by atoms with Crippen LogP contribution in [-0.4, -0.2) is 36.2 Å². The van der Waals surface area contributed by atoms with Gasteiger partial charge in [-0.3, -0.25) is 14.9 Å². The topological polar surface area (TPSA) is 92.6 Å². The Bertz CT molecular complexity index is 785. The van der Waals surface area contributed by atoms with Gasteiger partial charge in [0.2, 0.25) is 0 Å². The van der Waals surface area contributed by atoms with Gasteiger partial charge in [0, 0.05) is 24.4 Å². The van der Waals surface area contributed by atoms with Crippen molar-refractivity contribution in [3.63, 3.8) is 0 Å². The minimum atomic E-state index is -0.446. The maximum absolute atomic E-state index is 12.3. The fourth-order valence-electron chi connectivity index (χ4n) is 2.59. The van der Waals surface area contributed by atoms with Crippen LogP contribution in [0.4, 0.5) is 5.69 Å². The normalized spacial score (nSPS) is 16.1. The largest absolute Gasteiger partial charge is 0.459 e. The Morgan fingerprint density at radius 3 is 2.81 bits per heavy atom. The number of furan rings is 1. The fourth-order valence-corrected chi connectivity index (χ4v) is 2.80. The summed E-state index contributed by atoms with van der Waals surface area (Å²) in [7, 11) is 0. The summed E-state index contributed by atoms with van der Waals surface area (Å²) >= 11 is 5.12. The zero-order valence-electron chi connectivity index (χ0n) is 14.0. The molecule has 136 valence electrons. The molecule has 0 radical (unpaired) electrons. The average molecular weight is 373 g/mol. The van der Waals surface area contributed by atoms with Crippen molar-refractivity contribution in [1.82, 2.24) is 10.6 Å². The van der Waals surface area contributed by atoms with Crippen molar-refractivity contribution < 1.29 is 18.7 Å². The third-order valence-corrected chi connectivity index (χ3v) is 4.07. The molecule has 1 aromatic heterocycles. The maximum atomic E-state index is 12.3. The second-order valence-corrected chi connectivity index (χ2v) is 6.22. The molecule has 1 aromatic carbocycles. The van der Waals surface area contributed by atoms with E-state index in [2.05, 4.69) is 16.0 Å². The molecule has 3 rings (SSSR count). The molecule has 1 saturated heterocycles. The summed E-state index contributed by atoms with van der Waals surface area (Å²) in [5.74, 6) is -0.468. The molecular formula is C18H19N3O4S. The van der Waals surface area contributed by atoms with Crippen molar-refractivity contribution in [3.8, 4) is 0 Å². The van der Waals surface area contributed by atoms with Crippen LogP contribution in [0.15, 0.2) is 47.1 Å². The van der Waals surface area contributed by atoms with Crippen LogP contribution in [0.3, 0.4) is 0 Å². The van der Waals surface area contributed by atoms with E-state index >= 15 is 0 Å². The average Bonchev–Trinajstić information content (AvgIpc) is 3.33. The van der Waals surface area contributed by atoms with Crippen LogP contribution in [0.25, 0.3) is 0 Å². The summed E-state index contributed by atoms with van der Waals surface area (Å²) in [5, 5.41) is 8.37. The van der Waals surface area contributed by atoms with Gasteiger partial charge in [-0.2, -0.15) is 0 Å². The molecule has 26 heavy (non-hydrogen) atoms. The van der Waals surface area contributed by atoms with E-state index in [1.807, 2.05) is 0 Å². The number of hydrogen-bond donors (Lipinski definition) is 3. The predicted octanol–water partition coefficient (Wildman–Crippen LogP) is 2.32. The molecule has 3 N–H and O–H groups in total. The van der Waals surface area contributed by atoms with Crippen molar-refractivity contribution in [1.29, 1.82) is 0 Å². The first-order valence-electron chi connectivity index (χ1n) is 8.27. The molecule has 1 atom stereocenters. The van der Waals surface area contributed by atoms with Gasteiger partial charge in [0.25, 0.3) is 11.8 Å². The minimum absolute atomic E-state index is 0.0876. The second kappa shape index (κ2) is 8.59. The van der Waals surface area contributed by atoms with Crippen LogP contribution >= 0.6 is 12.2 Å². The highest BCUT2D eigenvalue weighted by Crippen LogP contribution is 2.13. The van der Waals surface area contributed by atoms with E-state index in [4.69, 9.17) is 21.4 Å². The van der Waals surface area contributed by atoms with E-state index in [-0.39, 0.29) is 22.9 Å². The van der Waals surface area contributed by atoms with Crippen molar-refractivity contribution in [2.75, 3.05) is 18.5 Å². The molecule has 0 bridgehead atoms. The number of thiocarbonyl (C=S) groups is 1. The first kappa shape index (κ1) is 18.1. The number of hydrogen-bond acceptors (Lipinski definition) is 5. The SMILES string of the molecule is O=C(NC[C@H]1CCCO1)c1cccc(NC(=S)NC(=O)c2ccco2)c1. The third-order valence-electron chi connectivity index (χ3n) is 3.87. The highest BCUT2D eigenvalue weighted by molar-refractivity contribution is 7.80. The first-order valence-corrected chi connectivity index (χ1v) is 8.68. The van der Waals surface area contributed by atoms with E-state index in [9.17, 15) is 9.59 Å². The second-order valence-electron chi connectivity index (χ2n) is 5.81. The summed E-state index contributed by atoms with van der Waals surface area (Å²) < 4.78 is 10.5. The molecule has 2 amide bonds. The Labute approximate surface area is 156 Å². The molecule has 2 aromatic rings. The van der Waals surface area contributed by atoms with E-state index in [1.54, 1.807) is 30.3 Å². The molecule has 0 unspecified atom stereocenters. The number of nitrogens with one attached hydrogen (secondary N) is 3. The number of carbonyl (C=O) groups is 2. The maximum Gasteiger partial charge on any atom is 0.293 e. The number of ether oxygens (including phenoxy) is 1. The van der Waals surface area contributed by atoms with E-state index < -0.39 is 5.91 Å². The smallest absolute Gasteiger partial charge is 0.293 e. The van der Waals surface area contributed by atoms with Crippen LogP contribution in [0.1, 0.15) is 33.8 Å². The lowest BCUT2D eigenvalue weighted by atomic mass is 10.1. The van der Waals surface area contributed by atoms with Crippen molar-refractivity contribution >= 4 is 34.8 Å². The van der Waals surface area contributed by atoms with Crippen molar-refractivity contribution in [2.45, 2.75) is 18.9 Å². The molecule has 8 heteroatoms. The van der Waals surface area contributed by atoms with Gasteiger partial charge in [-0.1, -0.05) is 6.07 Å². The summed E-state index contributed by atoms with van der Waals surface area (Å²) in [6, 6.07) is 10.0. The van der Waals surface area contributed by atoms with Gasteiger partial charge in [-0.05, 0) is 55.4 Å². The standard InChI is InChI=1S/C18H19N3O4S/c22-16(19-11-14-6-2-8-24-14)12-4-1-5-13(10-12)20-18(26)21-17(23)15-7-3-9-25-15/h1,3-5,7,9-10,14H,2,6,8,11H2,(H,19,22)(H2,20,21,23,26)/t14-/m1/s1. The molecule has 0 spiro atoms. The molecule has 1 fully saturated rings. The van der Waals surface area contributed by atoms with Crippen LogP contribution in [-0.2, 0) is 4.74 Å². The van der Waals surface area contributed by atoms with E-state index in [0.29, 0.717) is 17.8 Å². The van der Waals surface area contributed by atoms with Crippen molar-refractivity contribution in [2.24, 2.45) is 0 Å². The molecule has 0 saturated carbocycles. The van der Waals surface area contributed by atoms with E-state index in [1.165, 1.54) is 12.3 Å². The highest BCUT2D eigenvalue weighted by Gasteiger charge is 2.17. The number of rotatable bonds is 5. The fraction of sp³-hybridized carbons (Fsp3) is 0.278. The van der Waals surface area contributed by atoms with Gasteiger partial charge in [-0.15, -0.1) is 0 Å². The third kappa shape index (κ3) is 4.90. The number of anilines is 1. The number of amides is 2. The predicted molar refractivity (Wildman–Crippen MR) is 100 cm³/mol. The quantitative estimate of drug-likeness (QED) is 0.697. The number of benzene rings is 1. The first-order chi connectivity index (χ1) is 12.6. The Hall–Kier alpha value is -2.71. The molecule has 1 aliphatic rings.